The van der Waals surface area contributed by atoms with E-state index in [1.54, 1.807) is 6.33 Å². The van der Waals surface area contributed by atoms with Crippen LogP contribution in [0.2, 0.25) is 0 Å². The van der Waals surface area contributed by atoms with Crippen molar-refractivity contribution in [2.24, 2.45) is 0 Å². The molecule has 0 saturated heterocycles. The van der Waals surface area contributed by atoms with Gasteiger partial charge in [-0.3, -0.25) is 0 Å². The normalized spacial score (nSPS) is 12.8. The molecule has 0 aliphatic heterocycles. The van der Waals surface area contributed by atoms with Crippen molar-refractivity contribution in [2.45, 2.75) is 32.7 Å². The summed E-state index contributed by atoms with van der Waals surface area (Å²) in [5.41, 5.74) is 6.92. The van der Waals surface area contributed by atoms with Gasteiger partial charge in [0.25, 0.3) is 0 Å². The second-order valence-electron chi connectivity index (χ2n) is 3.27. The Morgan fingerprint density at radius 1 is 1.77 bits per heavy atom. The van der Waals surface area contributed by atoms with Crippen LogP contribution in [0.1, 0.15) is 31.9 Å². The fourth-order valence-electron chi connectivity index (χ4n) is 1.26. The summed E-state index contributed by atoms with van der Waals surface area (Å²) in [6.45, 7) is 8.67. The Morgan fingerprint density at radius 2 is 2.46 bits per heavy atom. The van der Waals surface area contributed by atoms with Crippen LogP contribution in [0, 0.1) is 0 Å². The lowest BCUT2D eigenvalue weighted by Gasteiger charge is -2.07. The summed E-state index contributed by atoms with van der Waals surface area (Å²) >= 11 is 0. The number of rotatable bonds is 4. The number of imidazole rings is 1. The van der Waals surface area contributed by atoms with Gasteiger partial charge in [-0.05, 0) is 6.42 Å². The minimum atomic E-state index is 0.436. The van der Waals surface area contributed by atoms with Crippen LogP contribution in [-0.4, -0.2) is 9.55 Å². The summed E-state index contributed by atoms with van der Waals surface area (Å²) < 4.78 is 1.91. The van der Waals surface area contributed by atoms with Gasteiger partial charge in [0.2, 0.25) is 0 Å². The lowest BCUT2D eigenvalue weighted by atomic mass is 10.1. The SMILES string of the molecule is C=CCn1cnc(C(C)CC)c1N. The summed E-state index contributed by atoms with van der Waals surface area (Å²) in [4.78, 5) is 4.30. The molecule has 2 N–H and O–H groups in total. The van der Waals surface area contributed by atoms with Crippen molar-refractivity contribution in [1.29, 1.82) is 0 Å². The van der Waals surface area contributed by atoms with Gasteiger partial charge in [0.1, 0.15) is 5.82 Å². The molecule has 3 heteroatoms. The number of nitrogens with zero attached hydrogens (tertiary/aromatic N) is 2. The molecule has 0 aliphatic rings. The first-order valence-electron chi connectivity index (χ1n) is 4.62. The Hall–Kier alpha value is -1.25. The molecule has 1 atom stereocenters. The van der Waals surface area contributed by atoms with E-state index in [1.165, 1.54) is 0 Å². The zero-order chi connectivity index (χ0) is 9.84. The van der Waals surface area contributed by atoms with Gasteiger partial charge in [-0.2, -0.15) is 0 Å². The van der Waals surface area contributed by atoms with Crippen LogP contribution in [0.5, 0.6) is 0 Å². The lowest BCUT2D eigenvalue weighted by molar-refractivity contribution is 0.714. The Labute approximate surface area is 79.3 Å². The fraction of sp³-hybridized carbons (Fsp3) is 0.500. The molecule has 3 nitrogen and oxygen atoms in total. The fourth-order valence-corrected chi connectivity index (χ4v) is 1.26. The summed E-state index contributed by atoms with van der Waals surface area (Å²) in [5, 5.41) is 0. The maximum absolute atomic E-state index is 5.92. The number of allylic oxidation sites excluding steroid dienone is 1. The second-order valence-corrected chi connectivity index (χ2v) is 3.27. The van der Waals surface area contributed by atoms with E-state index in [0.717, 1.165) is 24.5 Å². The first-order chi connectivity index (χ1) is 6.20. The van der Waals surface area contributed by atoms with Crippen LogP contribution in [-0.2, 0) is 6.54 Å². The molecule has 0 spiro atoms. The molecule has 0 fully saturated rings. The van der Waals surface area contributed by atoms with Crippen LogP contribution in [0.25, 0.3) is 0 Å². The number of hydrogen-bond donors (Lipinski definition) is 1. The van der Waals surface area contributed by atoms with Crippen molar-refractivity contribution >= 4 is 5.82 Å². The number of aromatic nitrogens is 2. The van der Waals surface area contributed by atoms with Gasteiger partial charge in [-0.15, -0.1) is 6.58 Å². The number of anilines is 1. The molecule has 0 aliphatic carbocycles. The molecule has 1 aromatic heterocycles. The third-order valence-electron chi connectivity index (χ3n) is 2.31. The molecule has 1 heterocycles. The molecular formula is C10H17N3. The third kappa shape index (κ3) is 1.91. The van der Waals surface area contributed by atoms with E-state index in [9.17, 15) is 0 Å². The molecule has 0 bridgehead atoms. The van der Waals surface area contributed by atoms with Gasteiger partial charge >= 0.3 is 0 Å². The maximum Gasteiger partial charge on any atom is 0.127 e. The van der Waals surface area contributed by atoms with Crippen molar-refractivity contribution in [2.75, 3.05) is 5.73 Å². The van der Waals surface area contributed by atoms with Crippen LogP contribution in [0.4, 0.5) is 5.82 Å². The molecule has 0 radical (unpaired) electrons. The lowest BCUT2D eigenvalue weighted by Crippen LogP contribution is -2.03. The van der Waals surface area contributed by atoms with E-state index in [2.05, 4.69) is 25.4 Å². The second kappa shape index (κ2) is 4.12. The summed E-state index contributed by atoms with van der Waals surface area (Å²) in [6.07, 6.45) is 4.66. The Bertz CT molecular complexity index is 288. The highest BCUT2D eigenvalue weighted by molar-refractivity contribution is 5.38. The monoisotopic (exact) mass is 179 g/mol. The highest BCUT2D eigenvalue weighted by atomic mass is 15.1. The molecule has 0 amide bonds. The summed E-state index contributed by atoms with van der Waals surface area (Å²) in [6, 6.07) is 0. The number of hydrogen-bond acceptors (Lipinski definition) is 2. The van der Waals surface area contributed by atoms with E-state index < -0.39 is 0 Å². The van der Waals surface area contributed by atoms with Crippen molar-refractivity contribution in [3.05, 3.63) is 24.7 Å². The van der Waals surface area contributed by atoms with E-state index in [-0.39, 0.29) is 0 Å². The summed E-state index contributed by atoms with van der Waals surface area (Å²) in [5.74, 6) is 1.21. The molecule has 1 unspecified atom stereocenters. The molecular weight excluding hydrogens is 162 g/mol. The average Bonchev–Trinajstić information content (AvgIpc) is 2.48. The standard InChI is InChI=1S/C10H17N3/c1-4-6-13-7-12-9(10(13)11)8(3)5-2/h4,7-8H,1,5-6,11H2,2-3H3. The van der Waals surface area contributed by atoms with Gasteiger partial charge in [0.15, 0.2) is 0 Å². The summed E-state index contributed by atoms with van der Waals surface area (Å²) in [7, 11) is 0. The molecule has 1 aromatic rings. The van der Waals surface area contributed by atoms with E-state index in [0.29, 0.717) is 5.92 Å². The smallest absolute Gasteiger partial charge is 0.127 e. The minimum absolute atomic E-state index is 0.436. The maximum atomic E-state index is 5.92. The molecule has 0 aromatic carbocycles. The van der Waals surface area contributed by atoms with Crippen molar-refractivity contribution in [3.8, 4) is 0 Å². The van der Waals surface area contributed by atoms with E-state index in [4.69, 9.17) is 5.73 Å². The van der Waals surface area contributed by atoms with Gasteiger partial charge < -0.3 is 10.3 Å². The topological polar surface area (TPSA) is 43.8 Å². The Balaban J connectivity index is 2.91. The zero-order valence-electron chi connectivity index (χ0n) is 8.33. The molecule has 13 heavy (non-hydrogen) atoms. The van der Waals surface area contributed by atoms with Crippen LogP contribution in [0.15, 0.2) is 19.0 Å². The molecule has 72 valence electrons. The zero-order valence-corrected chi connectivity index (χ0v) is 8.33. The van der Waals surface area contributed by atoms with Gasteiger partial charge in [-0.25, -0.2) is 4.98 Å². The Morgan fingerprint density at radius 3 is 3.00 bits per heavy atom. The van der Waals surface area contributed by atoms with Crippen LogP contribution in [0.3, 0.4) is 0 Å². The minimum Gasteiger partial charge on any atom is -0.384 e. The van der Waals surface area contributed by atoms with Crippen LogP contribution >= 0.6 is 0 Å². The largest absolute Gasteiger partial charge is 0.384 e. The van der Waals surface area contributed by atoms with Gasteiger partial charge in [-0.1, -0.05) is 19.9 Å². The van der Waals surface area contributed by atoms with E-state index in [1.807, 2.05) is 10.6 Å². The third-order valence-corrected chi connectivity index (χ3v) is 2.31. The predicted octanol–water partition coefficient (Wildman–Crippen LogP) is 2.16. The van der Waals surface area contributed by atoms with Crippen molar-refractivity contribution in [1.82, 2.24) is 9.55 Å². The van der Waals surface area contributed by atoms with Crippen LogP contribution < -0.4 is 5.73 Å². The highest BCUT2D eigenvalue weighted by Crippen LogP contribution is 2.22. The predicted molar refractivity (Wildman–Crippen MR) is 55.5 cm³/mol. The number of nitrogen functional groups attached to an aromatic ring is 1. The van der Waals surface area contributed by atoms with Gasteiger partial charge in [0, 0.05) is 12.5 Å². The first kappa shape index (κ1) is 9.84. The molecule has 1 rings (SSSR count). The Kier molecular flexibility index (Phi) is 3.12. The number of nitrogens with two attached hydrogens (primary N) is 1. The highest BCUT2D eigenvalue weighted by Gasteiger charge is 2.11. The average molecular weight is 179 g/mol. The van der Waals surface area contributed by atoms with Crippen molar-refractivity contribution in [3.63, 3.8) is 0 Å². The quantitative estimate of drug-likeness (QED) is 0.720. The van der Waals surface area contributed by atoms with Gasteiger partial charge in [0.05, 0.1) is 12.0 Å². The van der Waals surface area contributed by atoms with E-state index >= 15 is 0 Å². The first-order valence-corrected chi connectivity index (χ1v) is 4.62. The molecule has 0 saturated carbocycles. The van der Waals surface area contributed by atoms with Crippen molar-refractivity contribution < 1.29 is 0 Å².